The zero-order chi connectivity index (χ0) is 13.2. The van der Waals surface area contributed by atoms with Crippen molar-refractivity contribution in [1.82, 2.24) is 16.0 Å². The topological polar surface area (TPSA) is 70.2 Å². The molecule has 0 fully saturated rings. The number of carbonyl (C=O) groups is 2. The fourth-order valence-electron chi connectivity index (χ4n) is 1.24. The van der Waals surface area contributed by atoms with Crippen LogP contribution < -0.4 is 16.0 Å². The van der Waals surface area contributed by atoms with Crippen LogP contribution in [0.15, 0.2) is 36.5 Å². The summed E-state index contributed by atoms with van der Waals surface area (Å²) < 4.78 is 0. The predicted molar refractivity (Wildman–Crippen MR) is 70.7 cm³/mol. The number of benzene rings is 1. The average molecular weight is 247 g/mol. The first-order valence-electron chi connectivity index (χ1n) is 5.69. The van der Waals surface area contributed by atoms with E-state index in [4.69, 9.17) is 0 Å². The summed E-state index contributed by atoms with van der Waals surface area (Å²) in [6, 6.07) is 9.35. The maximum absolute atomic E-state index is 11.3. The molecule has 0 radical (unpaired) electrons. The van der Waals surface area contributed by atoms with Crippen molar-refractivity contribution >= 4 is 18.0 Å². The molecule has 3 amide bonds. The Morgan fingerprint density at radius 2 is 1.78 bits per heavy atom. The Morgan fingerprint density at radius 1 is 1.11 bits per heavy atom. The minimum atomic E-state index is -0.299. The molecule has 0 aliphatic rings. The maximum atomic E-state index is 11.3. The van der Waals surface area contributed by atoms with Crippen LogP contribution in [0.25, 0.3) is 6.08 Å². The molecule has 1 aromatic rings. The summed E-state index contributed by atoms with van der Waals surface area (Å²) in [5.74, 6) is -0.110. The van der Waals surface area contributed by atoms with Crippen molar-refractivity contribution in [3.05, 3.63) is 42.1 Å². The quantitative estimate of drug-likeness (QED) is 0.682. The van der Waals surface area contributed by atoms with E-state index >= 15 is 0 Å². The molecule has 18 heavy (non-hydrogen) atoms. The van der Waals surface area contributed by atoms with Crippen LogP contribution in [0, 0.1) is 0 Å². The summed E-state index contributed by atoms with van der Waals surface area (Å²) in [4.78, 5) is 21.9. The van der Waals surface area contributed by atoms with Gasteiger partial charge in [-0.3, -0.25) is 4.79 Å². The summed E-state index contributed by atoms with van der Waals surface area (Å²) >= 11 is 0. The summed E-state index contributed by atoms with van der Waals surface area (Å²) in [5.41, 5.74) is 1.01. The Labute approximate surface area is 106 Å². The standard InChI is InChI=1S/C13H17N3O2/c1-11(17)14-9-10-16-13(18)15-8-7-12-5-3-2-4-6-12/h2-8H,9-10H2,1H3,(H,14,17)(H2,15,16,18)/b8-7+. The van der Waals surface area contributed by atoms with Crippen LogP contribution in [-0.4, -0.2) is 25.0 Å². The molecule has 0 heterocycles. The molecule has 96 valence electrons. The second-order valence-corrected chi connectivity index (χ2v) is 3.63. The van der Waals surface area contributed by atoms with Crippen LogP contribution in [-0.2, 0) is 4.79 Å². The summed E-state index contributed by atoms with van der Waals surface area (Å²) in [6.07, 6.45) is 3.37. The molecule has 0 aliphatic heterocycles. The van der Waals surface area contributed by atoms with E-state index in [0.717, 1.165) is 5.56 Å². The van der Waals surface area contributed by atoms with E-state index in [2.05, 4.69) is 16.0 Å². The minimum Gasteiger partial charge on any atom is -0.355 e. The van der Waals surface area contributed by atoms with Crippen molar-refractivity contribution < 1.29 is 9.59 Å². The van der Waals surface area contributed by atoms with Crippen LogP contribution in [0.1, 0.15) is 12.5 Å². The number of rotatable bonds is 5. The van der Waals surface area contributed by atoms with Gasteiger partial charge in [-0.15, -0.1) is 0 Å². The summed E-state index contributed by atoms with van der Waals surface area (Å²) in [7, 11) is 0. The summed E-state index contributed by atoms with van der Waals surface area (Å²) in [6.45, 7) is 2.25. The van der Waals surface area contributed by atoms with E-state index in [-0.39, 0.29) is 11.9 Å². The predicted octanol–water partition coefficient (Wildman–Crippen LogP) is 1.09. The number of hydrogen-bond acceptors (Lipinski definition) is 2. The first-order valence-corrected chi connectivity index (χ1v) is 5.69. The van der Waals surface area contributed by atoms with Gasteiger partial charge in [0.1, 0.15) is 0 Å². The van der Waals surface area contributed by atoms with Crippen molar-refractivity contribution in [2.75, 3.05) is 13.1 Å². The third-order valence-corrected chi connectivity index (χ3v) is 2.07. The lowest BCUT2D eigenvalue weighted by Crippen LogP contribution is -2.37. The van der Waals surface area contributed by atoms with E-state index in [0.29, 0.717) is 13.1 Å². The Balaban J connectivity index is 2.17. The second-order valence-electron chi connectivity index (χ2n) is 3.63. The van der Waals surface area contributed by atoms with Crippen molar-refractivity contribution in [2.45, 2.75) is 6.92 Å². The lowest BCUT2D eigenvalue weighted by atomic mass is 10.2. The number of nitrogens with one attached hydrogen (secondary N) is 3. The number of hydrogen-bond donors (Lipinski definition) is 3. The molecule has 3 N–H and O–H groups in total. The van der Waals surface area contributed by atoms with Crippen molar-refractivity contribution in [1.29, 1.82) is 0 Å². The second kappa shape index (κ2) is 7.89. The zero-order valence-electron chi connectivity index (χ0n) is 10.3. The normalized spacial score (nSPS) is 10.1. The Hall–Kier alpha value is -2.30. The Bertz CT molecular complexity index is 416. The van der Waals surface area contributed by atoms with Gasteiger partial charge in [0, 0.05) is 26.2 Å². The lowest BCUT2D eigenvalue weighted by Gasteiger charge is -2.04. The fraction of sp³-hybridized carbons (Fsp3) is 0.231. The zero-order valence-corrected chi connectivity index (χ0v) is 10.3. The van der Waals surface area contributed by atoms with Crippen molar-refractivity contribution in [3.63, 3.8) is 0 Å². The van der Waals surface area contributed by atoms with Crippen LogP contribution in [0.5, 0.6) is 0 Å². The fourth-order valence-corrected chi connectivity index (χ4v) is 1.24. The van der Waals surface area contributed by atoms with Gasteiger partial charge in [-0.2, -0.15) is 0 Å². The SMILES string of the molecule is CC(=O)NCCNC(=O)N/C=C/c1ccccc1. The third-order valence-electron chi connectivity index (χ3n) is 2.07. The highest BCUT2D eigenvalue weighted by Crippen LogP contribution is 1.99. The van der Waals surface area contributed by atoms with Crippen molar-refractivity contribution in [2.24, 2.45) is 0 Å². The largest absolute Gasteiger partial charge is 0.355 e. The number of urea groups is 1. The highest BCUT2D eigenvalue weighted by molar-refractivity contribution is 5.76. The highest BCUT2D eigenvalue weighted by atomic mass is 16.2. The van der Waals surface area contributed by atoms with Crippen molar-refractivity contribution in [3.8, 4) is 0 Å². The van der Waals surface area contributed by atoms with Gasteiger partial charge >= 0.3 is 6.03 Å². The van der Waals surface area contributed by atoms with Gasteiger partial charge in [-0.05, 0) is 11.6 Å². The average Bonchev–Trinajstić information content (AvgIpc) is 2.36. The molecule has 0 bridgehead atoms. The molecule has 0 unspecified atom stereocenters. The smallest absolute Gasteiger partial charge is 0.318 e. The number of amides is 3. The van der Waals surface area contributed by atoms with Gasteiger partial charge in [-0.1, -0.05) is 30.3 Å². The van der Waals surface area contributed by atoms with Crippen LogP contribution in [0.4, 0.5) is 4.79 Å². The molecular formula is C13H17N3O2. The van der Waals surface area contributed by atoms with E-state index < -0.39 is 0 Å². The van der Waals surface area contributed by atoms with Gasteiger partial charge in [-0.25, -0.2) is 4.79 Å². The molecule has 1 aromatic carbocycles. The van der Waals surface area contributed by atoms with Gasteiger partial charge in [0.2, 0.25) is 5.91 Å². The maximum Gasteiger partial charge on any atom is 0.318 e. The lowest BCUT2D eigenvalue weighted by molar-refractivity contribution is -0.118. The van der Waals surface area contributed by atoms with Crippen LogP contribution >= 0.6 is 0 Å². The third kappa shape index (κ3) is 6.32. The van der Waals surface area contributed by atoms with E-state index in [9.17, 15) is 9.59 Å². The van der Waals surface area contributed by atoms with E-state index in [1.54, 1.807) is 12.3 Å². The Kier molecular flexibility index (Phi) is 6.03. The molecular weight excluding hydrogens is 230 g/mol. The monoisotopic (exact) mass is 247 g/mol. The molecule has 1 rings (SSSR count). The molecule has 0 atom stereocenters. The van der Waals surface area contributed by atoms with Crippen LogP contribution in [0.2, 0.25) is 0 Å². The first-order chi connectivity index (χ1) is 8.68. The summed E-state index contributed by atoms with van der Waals surface area (Å²) in [5, 5.41) is 7.77. The van der Waals surface area contributed by atoms with Gasteiger partial charge in [0.15, 0.2) is 0 Å². The molecule has 0 aliphatic carbocycles. The van der Waals surface area contributed by atoms with E-state index in [1.165, 1.54) is 6.92 Å². The molecule has 5 heteroatoms. The molecule has 0 saturated heterocycles. The molecule has 0 aromatic heterocycles. The van der Waals surface area contributed by atoms with Gasteiger partial charge in [0.25, 0.3) is 0 Å². The molecule has 0 spiro atoms. The van der Waals surface area contributed by atoms with Gasteiger partial charge in [0.05, 0.1) is 0 Å². The van der Waals surface area contributed by atoms with Gasteiger partial charge < -0.3 is 16.0 Å². The van der Waals surface area contributed by atoms with Crippen LogP contribution in [0.3, 0.4) is 0 Å². The minimum absolute atomic E-state index is 0.110. The van der Waals surface area contributed by atoms with E-state index in [1.807, 2.05) is 30.3 Å². The molecule has 0 saturated carbocycles. The Morgan fingerprint density at radius 3 is 2.44 bits per heavy atom. The molecule has 5 nitrogen and oxygen atoms in total. The number of carbonyl (C=O) groups excluding carboxylic acids is 2. The first kappa shape index (κ1) is 13.8. The highest BCUT2D eigenvalue weighted by Gasteiger charge is 1.95.